The molecule has 0 aliphatic rings. The highest BCUT2D eigenvalue weighted by Crippen LogP contribution is 2.31. The number of hydrogen-bond acceptors (Lipinski definition) is 8. The normalized spacial score (nSPS) is 10.5. The van der Waals surface area contributed by atoms with Crippen molar-refractivity contribution in [2.75, 3.05) is 7.11 Å². The Morgan fingerprint density at radius 2 is 2.12 bits per heavy atom. The minimum Gasteiger partial charge on any atom is -0.497 e. The third kappa shape index (κ3) is 3.58. The smallest absolute Gasteiger partial charge is 0.311 e. The monoisotopic (exact) mass is 356 g/mol. The molecule has 10 nitrogen and oxygen atoms in total. The number of pyridine rings is 1. The SMILES string of the molecule is CCc1ccnc(-n2nnnc2COc2cc(OC)ccc2[N+](=O)[O-])c1. The van der Waals surface area contributed by atoms with Crippen molar-refractivity contribution in [3.05, 3.63) is 58.0 Å². The molecular weight excluding hydrogens is 340 g/mol. The Morgan fingerprint density at radius 1 is 1.27 bits per heavy atom. The number of aryl methyl sites for hydroxylation is 1. The fraction of sp³-hybridized carbons (Fsp3) is 0.250. The van der Waals surface area contributed by atoms with Crippen LogP contribution in [0.1, 0.15) is 18.3 Å². The van der Waals surface area contributed by atoms with E-state index in [2.05, 4.69) is 20.5 Å². The first-order chi connectivity index (χ1) is 12.6. The average Bonchev–Trinajstić information content (AvgIpc) is 3.14. The third-order valence-electron chi connectivity index (χ3n) is 3.69. The molecule has 2 heterocycles. The van der Waals surface area contributed by atoms with Crippen LogP contribution in [0.15, 0.2) is 36.5 Å². The Kier molecular flexibility index (Phi) is 5.02. The quantitative estimate of drug-likeness (QED) is 0.466. The molecule has 0 saturated heterocycles. The van der Waals surface area contributed by atoms with Gasteiger partial charge in [0.15, 0.2) is 18.2 Å². The lowest BCUT2D eigenvalue weighted by molar-refractivity contribution is -0.386. The number of methoxy groups -OCH3 is 1. The number of ether oxygens (including phenoxy) is 2. The third-order valence-corrected chi connectivity index (χ3v) is 3.69. The molecule has 0 aliphatic carbocycles. The molecule has 0 radical (unpaired) electrons. The maximum absolute atomic E-state index is 11.2. The summed E-state index contributed by atoms with van der Waals surface area (Å²) in [6.07, 6.45) is 2.52. The van der Waals surface area contributed by atoms with Gasteiger partial charge >= 0.3 is 5.69 Å². The number of benzene rings is 1. The van der Waals surface area contributed by atoms with Crippen LogP contribution in [0.2, 0.25) is 0 Å². The van der Waals surface area contributed by atoms with E-state index >= 15 is 0 Å². The number of nitro benzene ring substituents is 1. The van der Waals surface area contributed by atoms with Crippen LogP contribution in [0.3, 0.4) is 0 Å². The number of hydrogen-bond donors (Lipinski definition) is 0. The van der Waals surface area contributed by atoms with E-state index in [0.29, 0.717) is 17.4 Å². The Hall–Kier alpha value is -3.56. The van der Waals surface area contributed by atoms with Gasteiger partial charge in [0.25, 0.3) is 0 Å². The Morgan fingerprint density at radius 3 is 2.85 bits per heavy atom. The van der Waals surface area contributed by atoms with Gasteiger partial charge in [0.05, 0.1) is 12.0 Å². The first kappa shape index (κ1) is 17.3. The summed E-state index contributed by atoms with van der Waals surface area (Å²) in [5.74, 6) is 1.43. The van der Waals surface area contributed by atoms with Crippen LogP contribution in [0.25, 0.3) is 5.82 Å². The van der Waals surface area contributed by atoms with Crippen LogP contribution in [-0.4, -0.2) is 37.2 Å². The molecule has 0 unspecified atom stereocenters. The van der Waals surface area contributed by atoms with Gasteiger partial charge in [0.1, 0.15) is 5.75 Å². The molecule has 134 valence electrons. The molecule has 0 saturated carbocycles. The summed E-state index contributed by atoms with van der Waals surface area (Å²) in [5, 5.41) is 22.6. The topological polar surface area (TPSA) is 118 Å². The molecule has 0 N–H and O–H groups in total. The number of nitro groups is 1. The summed E-state index contributed by atoms with van der Waals surface area (Å²) in [6.45, 7) is 1.96. The van der Waals surface area contributed by atoms with Gasteiger partial charge in [-0.3, -0.25) is 10.1 Å². The maximum Gasteiger partial charge on any atom is 0.311 e. The van der Waals surface area contributed by atoms with Crippen molar-refractivity contribution in [2.45, 2.75) is 20.0 Å². The standard InChI is InChI=1S/C16H16N6O4/c1-3-11-6-7-17-15(8-11)21-16(18-19-20-21)10-26-14-9-12(25-2)4-5-13(14)22(23)24/h4-9H,3,10H2,1-2H3. The van der Waals surface area contributed by atoms with Gasteiger partial charge in [-0.25, -0.2) is 4.98 Å². The first-order valence-corrected chi connectivity index (χ1v) is 7.80. The van der Waals surface area contributed by atoms with Crippen molar-refractivity contribution in [1.29, 1.82) is 0 Å². The van der Waals surface area contributed by atoms with Crippen LogP contribution in [-0.2, 0) is 13.0 Å². The van der Waals surface area contributed by atoms with Crippen LogP contribution >= 0.6 is 0 Å². The van der Waals surface area contributed by atoms with Crippen molar-refractivity contribution >= 4 is 5.69 Å². The summed E-state index contributed by atoms with van der Waals surface area (Å²) in [4.78, 5) is 14.9. The highest BCUT2D eigenvalue weighted by molar-refractivity contribution is 5.50. The van der Waals surface area contributed by atoms with E-state index in [1.165, 1.54) is 30.0 Å². The molecule has 0 fully saturated rings. The number of nitrogens with zero attached hydrogens (tertiary/aromatic N) is 6. The zero-order valence-electron chi connectivity index (χ0n) is 14.2. The molecule has 1 aromatic carbocycles. The molecule has 0 spiro atoms. The predicted molar refractivity (Wildman–Crippen MR) is 90.3 cm³/mol. The van der Waals surface area contributed by atoms with Crippen LogP contribution in [0.5, 0.6) is 11.5 Å². The molecule has 0 bridgehead atoms. The zero-order valence-corrected chi connectivity index (χ0v) is 14.2. The van der Waals surface area contributed by atoms with E-state index in [1.807, 2.05) is 19.1 Å². The van der Waals surface area contributed by atoms with E-state index in [-0.39, 0.29) is 18.0 Å². The van der Waals surface area contributed by atoms with Crippen molar-refractivity contribution < 1.29 is 14.4 Å². The summed E-state index contributed by atoms with van der Waals surface area (Å²) in [5.41, 5.74) is 0.914. The van der Waals surface area contributed by atoms with E-state index in [9.17, 15) is 10.1 Å². The van der Waals surface area contributed by atoms with Gasteiger partial charge in [-0.05, 0) is 40.6 Å². The summed E-state index contributed by atoms with van der Waals surface area (Å²) >= 11 is 0. The molecule has 0 aliphatic heterocycles. The van der Waals surface area contributed by atoms with Gasteiger partial charge in [-0.15, -0.1) is 5.10 Å². The van der Waals surface area contributed by atoms with Gasteiger partial charge < -0.3 is 9.47 Å². The predicted octanol–water partition coefficient (Wildman–Crippen LogP) is 2.12. The lowest BCUT2D eigenvalue weighted by Crippen LogP contribution is -2.09. The molecule has 2 aromatic heterocycles. The molecule has 10 heteroatoms. The second kappa shape index (κ2) is 7.55. The molecular formula is C16H16N6O4. The number of aromatic nitrogens is 5. The first-order valence-electron chi connectivity index (χ1n) is 7.80. The second-order valence-electron chi connectivity index (χ2n) is 5.26. The minimum absolute atomic E-state index is 0.0687. The van der Waals surface area contributed by atoms with Crippen molar-refractivity contribution in [3.63, 3.8) is 0 Å². The van der Waals surface area contributed by atoms with Crippen molar-refractivity contribution in [2.24, 2.45) is 0 Å². The number of rotatable bonds is 7. The molecule has 3 aromatic rings. The fourth-order valence-electron chi connectivity index (χ4n) is 2.30. The highest BCUT2D eigenvalue weighted by Gasteiger charge is 2.18. The van der Waals surface area contributed by atoms with Crippen LogP contribution in [0, 0.1) is 10.1 Å². The van der Waals surface area contributed by atoms with Gasteiger partial charge in [0.2, 0.25) is 5.75 Å². The Labute approximate surface area is 148 Å². The fourth-order valence-corrected chi connectivity index (χ4v) is 2.30. The van der Waals surface area contributed by atoms with Gasteiger partial charge in [-0.2, -0.15) is 4.68 Å². The second-order valence-corrected chi connectivity index (χ2v) is 5.26. The van der Waals surface area contributed by atoms with E-state index in [1.54, 1.807) is 6.20 Å². The molecule has 0 amide bonds. The maximum atomic E-state index is 11.2. The largest absolute Gasteiger partial charge is 0.497 e. The minimum atomic E-state index is -0.524. The van der Waals surface area contributed by atoms with E-state index < -0.39 is 4.92 Å². The zero-order chi connectivity index (χ0) is 18.5. The van der Waals surface area contributed by atoms with E-state index in [0.717, 1.165) is 12.0 Å². The summed E-state index contributed by atoms with van der Waals surface area (Å²) in [6, 6.07) is 8.04. The summed E-state index contributed by atoms with van der Waals surface area (Å²) < 4.78 is 12.1. The lowest BCUT2D eigenvalue weighted by atomic mass is 10.2. The Balaban J connectivity index is 1.86. The van der Waals surface area contributed by atoms with Crippen molar-refractivity contribution in [3.8, 4) is 17.3 Å². The van der Waals surface area contributed by atoms with Crippen LogP contribution < -0.4 is 9.47 Å². The van der Waals surface area contributed by atoms with E-state index in [4.69, 9.17) is 9.47 Å². The highest BCUT2D eigenvalue weighted by atomic mass is 16.6. The number of tetrazole rings is 1. The van der Waals surface area contributed by atoms with Crippen molar-refractivity contribution in [1.82, 2.24) is 25.2 Å². The molecule has 0 atom stereocenters. The Bertz CT molecular complexity index is 927. The molecule has 3 rings (SSSR count). The average molecular weight is 356 g/mol. The van der Waals surface area contributed by atoms with Gasteiger partial charge in [0, 0.05) is 18.3 Å². The van der Waals surface area contributed by atoms with Gasteiger partial charge in [-0.1, -0.05) is 6.92 Å². The molecule has 26 heavy (non-hydrogen) atoms. The van der Waals surface area contributed by atoms with Crippen LogP contribution in [0.4, 0.5) is 5.69 Å². The summed E-state index contributed by atoms with van der Waals surface area (Å²) in [7, 11) is 1.47. The lowest BCUT2D eigenvalue weighted by Gasteiger charge is -2.09.